The molecule has 18 heavy (non-hydrogen) atoms. The van der Waals surface area contributed by atoms with Crippen molar-refractivity contribution >= 4 is 5.69 Å². The van der Waals surface area contributed by atoms with Gasteiger partial charge in [0, 0.05) is 24.8 Å². The van der Waals surface area contributed by atoms with Crippen LogP contribution in [-0.2, 0) is 4.74 Å². The zero-order valence-electron chi connectivity index (χ0n) is 11.5. The smallest absolute Gasteiger partial charge is 0.0642 e. The number of nitrogens with zero attached hydrogens (tertiary/aromatic N) is 1. The van der Waals surface area contributed by atoms with Gasteiger partial charge in [-0.15, -0.1) is 0 Å². The molecule has 1 N–H and O–H groups in total. The number of morpholine rings is 1. The summed E-state index contributed by atoms with van der Waals surface area (Å²) in [7, 11) is 2.04. The van der Waals surface area contributed by atoms with E-state index in [0.29, 0.717) is 6.04 Å². The largest absolute Gasteiger partial charge is 0.378 e. The topological polar surface area (TPSA) is 24.5 Å². The van der Waals surface area contributed by atoms with Crippen LogP contribution in [-0.4, -0.2) is 33.4 Å². The minimum atomic E-state index is 0.480. The summed E-state index contributed by atoms with van der Waals surface area (Å²) in [6.07, 6.45) is 2.39. The van der Waals surface area contributed by atoms with E-state index in [1.165, 1.54) is 24.1 Å². The highest BCUT2D eigenvalue weighted by atomic mass is 16.5. The molecule has 100 valence electrons. The molecule has 0 spiro atoms. The quantitative estimate of drug-likeness (QED) is 0.867. The summed E-state index contributed by atoms with van der Waals surface area (Å²) in [6.45, 7) is 5.92. The van der Waals surface area contributed by atoms with Crippen LogP contribution in [0.25, 0.3) is 0 Å². The molecule has 2 rings (SSSR count). The first-order valence-corrected chi connectivity index (χ1v) is 6.95. The molecule has 1 aliphatic heterocycles. The Balaban J connectivity index is 2.03. The van der Waals surface area contributed by atoms with Crippen LogP contribution in [0, 0.1) is 0 Å². The van der Waals surface area contributed by atoms with Gasteiger partial charge in [-0.25, -0.2) is 0 Å². The number of anilines is 1. The van der Waals surface area contributed by atoms with E-state index in [-0.39, 0.29) is 0 Å². The molecular formula is C15H24N2O. The van der Waals surface area contributed by atoms with Gasteiger partial charge in [0.15, 0.2) is 0 Å². The number of hydrogen-bond acceptors (Lipinski definition) is 3. The third-order valence-electron chi connectivity index (χ3n) is 3.60. The van der Waals surface area contributed by atoms with Gasteiger partial charge in [-0.1, -0.05) is 25.5 Å². The highest BCUT2D eigenvalue weighted by Gasteiger charge is 2.12. The lowest BCUT2D eigenvalue weighted by atomic mass is 10.0. The molecule has 1 atom stereocenters. The van der Waals surface area contributed by atoms with Crippen LogP contribution in [0.3, 0.4) is 0 Å². The van der Waals surface area contributed by atoms with Crippen LogP contribution in [0.4, 0.5) is 5.69 Å². The van der Waals surface area contributed by atoms with Crippen LogP contribution in [0.2, 0.25) is 0 Å². The summed E-state index contributed by atoms with van der Waals surface area (Å²) in [4.78, 5) is 2.39. The minimum absolute atomic E-state index is 0.480. The molecule has 1 fully saturated rings. The monoisotopic (exact) mass is 248 g/mol. The van der Waals surface area contributed by atoms with Crippen LogP contribution < -0.4 is 10.2 Å². The lowest BCUT2D eigenvalue weighted by Crippen LogP contribution is -2.36. The molecule has 1 unspecified atom stereocenters. The summed E-state index contributed by atoms with van der Waals surface area (Å²) in [5, 5.41) is 3.38. The molecular weight excluding hydrogens is 224 g/mol. The maximum Gasteiger partial charge on any atom is 0.0642 e. The van der Waals surface area contributed by atoms with E-state index < -0.39 is 0 Å². The zero-order valence-corrected chi connectivity index (χ0v) is 11.5. The lowest BCUT2D eigenvalue weighted by molar-refractivity contribution is 0.122. The van der Waals surface area contributed by atoms with E-state index in [1.807, 2.05) is 7.05 Å². The molecule has 0 bridgehead atoms. The van der Waals surface area contributed by atoms with Crippen LogP contribution in [0.5, 0.6) is 0 Å². The summed E-state index contributed by atoms with van der Waals surface area (Å²) >= 11 is 0. The average Bonchev–Trinajstić information content (AvgIpc) is 2.46. The van der Waals surface area contributed by atoms with Gasteiger partial charge in [0.25, 0.3) is 0 Å². The van der Waals surface area contributed by atoms with Gasteiger partial charge in [-0.2, -0.15) is 0 Å². The maximum atomic E-state index is 5.38. The number of benzene rings is 1. The molecule has 0 radical (unpaired) electrons. The van der Waals surface area contributed by atoms with Crippen molar-refractivity contribution < 1.29 is 4.74 Å². The maximum absolute atomic E-state index is 5.38. The second-order valence-corrected chi connectivity index (χ2v) is 4.82. The van der Waals surface area contributed by atoms with Gasteiger partial charge < -0.3 is 15.0 Å². The van der Waals surface area contributed by atoms with Crippen molar-refractivity contribution in [3.63, 3.8) is 0 Å². The molecule has 1 aliphatic rings. The first kappa shape index (κ1) is 13.4. The first-order chi connectivity index (χ1) is 8.85. The van der Waals surface area contributed by atoms with E-state index in [4.69, 9.17) is 4.74 Å². The molecule has 0 aromatic heterocycles. The highest BCUT2D eigenvalue weighted by molar-refractivity contribution is 5.48. The fourth-order valence-electron chi connectivity index (χ4n) is 2.51. The second kappa shape index (κ2) is 6.76. The van der Waals surface area contributed by atoms with Crippen molar-refractivity contribution in [1.82, 2.24) is 5.32 Å². The molecule has 1 aromatic carbocycles. The van der Waals surface area contributed by atoms with Crippen molar-refractivity contribution in [1.29, 1.82) is 0 Å². The SMILES string of the molecule is CCCC(NC)c1ccc(N2CCOCC2)cc1. The molecule has 1 saturated heterocycles. The predicted molar refractivity (Wildman–Crippen MR) is 76.2 cm³/mol. The Morgan fingerprint density at radius 3 is 2.44 bits per heavy atom. The van der Waals surface area contributed by atoms with Crippen LogP contribution in [0.1, 0.15) is 31.4 Å². The molecule has 1 heterocycles. The van der Waals surface area contributed by atoms with Crippen LogP contribution in [0.15, 0.2) is 24.3 Å². The average molecular weight is 248 g/mol. The number of ether oxygens (including phenoxy) is 1. The number of nitrogens with one attached hydrogen (secondary N) is 1. The third-order valence-corrected chi connectivity index (χ3v) is 3.60. The molecule has 3 heteroatoms. The van der Waals surface area contributed by atoms with Gasteiger partial charge in [-0.05, 0) is 31.2 Å². The van der Waals surface area contributed by atoms with Gasteiger partial charge in [-0.3, -0.25) is 0 Å². The Labute approximate surface area is 110 Å². The van der Waals surface area contributed by atoms with Gasteiger partial charge in [0.05, 0.1) is 13.2 Å². The fourth-order valence-corrected chi connectivity index (χ4v) is 2.51. The Hall–Kier alpha value is -1.06. The second-order valence-electron chi connectivity index (χ2n) is 4.82. The Kier molecular flexibility index (Phi) is 5.02. The van der Waals surface area contributed by atoms with Crippen molar-refractivity contribution in [2.45, 2.75) is 25.8 Å². The Morgan fingerprint density at radius 2 is 1.89 bits per heavy atom. The highest BCUT2D eigenvalue weighted by Crippen LogP contribution is 2.22. The van der Waals surface area contributed by atoms with Gasteiger partial charge >= 0.3 is 0 Å². The van der Waals surface area contributed by atoms with Crippen molar-refractivity contribution in [3.05, 3.63) is 29.8 Å². The van der Waals surface area contributed by atoms with E-state index >= 15 is 0 Å². The fraction of sp³-hybridized carbons (Fsp3) is 0.600. The normalized spacial score (nSPS) is 17.8. The standard InChI is InChI=1S/C15H24N2O/c1-3-4-15(16-2)13-5-7-14(8-6-13)17-9-11-18-12-10-17/h5-8,15-16H,3-4,9-12H2,1-2H3. The van der Waals surface area contributed by atoms with Gasteiger partial charge in [0.2, 0.25) is 0 Å². The summed E-state index contributed by atoms with van der Waals surface area (Å²) in [6, 6.07) is 9.46. The Morgan fingerprint density at radius 1 is 1.22 bits per heavy atom. The molecule has 1 aromatic rings. The zero-order chi connectivity index (χ0) is 12.8. The third kappa shape index (κ3) is 3.24. The summed E-state index contributed by atoms with van der Waals surface area (Å²) in [5.74, 6) is 0. The Bertz CT molecular complexity index is 320. The van der Waals surface area contributed by atoms with Crippen molar-refractivity contribution in [3.8, 4) is 0 Å². The van der Waals surface area contributed by atoms with E-state index in [2.05, 4.69) is 41.4 Å². The van der Waals surface area contributed by atoms with Crippen molar-refractivity contribution in [2.75, 3.05) is 38.3 Å². The molecule has 0 aliphatic carbocycles. The minimum Gasteiger partial charge on any atom is -0.378 e. The summed E-state index contributed by atoms with van der Waals surface area (Å²) < 4.78 is 5.38. The van der Waals surface area contributed by atoms with E-state index in [9.17, 15) is 0 Å². The molecule has 3 nitrogen and oxygen atoms in total. The van der Waals surface area contributed by atoms with Crippen LogP contribution >= 0.6 is 0 Å². The number of hydrogen-bond donors (Lipinski definition) is 1. The lowest BCUT2D eigenvalue weighted by Gasteiger charge is -2.29. The van der Waals surface area contributed by atoms with Gasteiger partial charge in [0.1, 0.15) is 0 Å². The molecule has 0 amide bonds. The first-order valence-electron chi connectivity index (χ1n) is 6.95. The van der Waals surface area contributed by atoms with E-state index in [1.54, 1.807) is 0 Å². The number of rotatable bonds is 5. The summed E-state index contributed by atoms with van der Waals surface area (Å²) in [5.41, 5.74) is 2.70. The predicted octanol–water partition coefficient (Wildman–Crippen LogP) is 2.58. The van der Waals surface area contributed by atoms with Crippen molar-refractivity contribution in [2.24, 2.45) is 0 Å². The molecule has 0 saturated carbocycles. The van der Waals surface area contributed by atoms with E-state index in [0.717, 1.165) is 26.3 Å².